The fraction of sp³-hybridized carbons (Fsp3) is 0.565. The van der Waals surface area contributed by atoms with Crippen LogP contribution in [0, 0.1) is 0 Å². The number of hydrogen-bond donors (Lipinski definition) is 0. The van der Waals surface area contributed by atoms with Crippen molar-refractivity contribution in [2.75, 3.05) is 26.7 Å². The van der Waals surface area contributed by atoms with Gasteiger partial charge in [0.2, 0.25) is 0 Å². The summed E-state index contributed by atoms with van der Waals surface area (Å²) in [5.74, 6) is 1.09. The zero-order chi connectivity index (χ0) is 18.4. The summed E-state index contributed by atoms with van der Waals surface area (Å²) in [5.41, 5.74) is 2.97. The molecule has 3 heteroatoms. The van der Waals surface area contributed by atoms with Crippen molar-refractivity contribution >= 4 is 11.3 Å². The summed E-state index contributed by atoms with van der Waals surface area (Å²) in [6.07, 6.45) is 7.42. The van der Waals surface area contributed by atoms with Crippen molar-refractivity contribution in [3.8, 4) is 5.75 Å². The van der Waals surface area contributed by atoms with E-state index in [-0.39, 0.29) is 0 Å². The van der Waals surface area contributed by atoms with Crippen molar-refractivity contribution in [2.45, 2.75) is 58.4 Å². The molecule has 142 valence electrons. The number of methoxy groups -OCH3 is 1. The first-order chi connectivity index (χ1) is 12.7. The van der Waals surface area contributed by atoms with Crippen LogP contribution in [0.5, 0.6) is 5.75 Å². The van der Waals surface area contributed by atoms with Crippen LogP contribution in [0.15, 0.2) is 35.7 Å². The maximum Gasteiger partial charge on any atom is 0.122 e. The Bertz CT molecular complexity index is 674. The van der Waals surface area contributed by atoms with E-state index in [1.807, 2.05) is 11.3 Å². The van der Waals surface area contributed by atoms with Crippen LogP contribution in [0.1, 0.15) is 49.1 Å². The molecule has 0 N–H and O–H groups in total. The molecule has 0 aliphatic heterocycles. The summed E-state index contributed by atoms with van der Waals surface area (Å²) < 4.78 is 6.91. The highest BCUT2D eigenvalue weighted by atomic mass is 32.1. The molecule has 0 bridgehead atoms. The topological polar surface area (TPSA) is 9.23 Å². The largest absolute Gasteiger partial charge is 0.496 e. The normalized spacial score (nSPS) is 17.1. The number of fused-ring (bicyclic) bond motifs is 1. The van der Waals surface area contributed by atoms with Gasteiger partial charge in [0.05, 0.1) is 32.8 Å². The van der Waals surface area contributed by atoms with Crippen LogP contribution in [0.3, 0.4) is 0 Å². The molecule has 1 aliphatic carbocycles. The molecule has 0 saturated carbocycles. The summed E-state index contributed by atoms with van der Waals surface area (Å²) in [5, 5.41) is 2.22. The summed E-state index contributed by atoms with van der Waals surface area (Å²) in [4.78, 5) is 1.54. The van der Waals surface area contributed by atoms with Crippen molar-refractivity contribution in [1.82, 2.24) is 0 Å². The Balaban J connectivity index is 1.83. The lowest BCUT2D eigenvalue weighted by atomic mass is 9.85. The van der Waals surface area contributed by atoms with E-state index in [1.54, 1.807) is 7.11 Å². The molecule has 1 atom stereocenters. The van der Waals surface area contributed by atoms with E-state index in [0.29, 0.717) is 0 Å². The van der Waals surface area contributed by atoms with Crippen LogP contribution in [-0.4, -0.2) is 37.3 Å². The number of ether oxygens (including phenoxy) is 1. The van der Waals surface area contributed by atoms with Gasteiger partial charge in [-0.05, 0) is 47.9 Å². The summed E-state index contributed by atoms with van der Waals surface area (Å²) >= 11 is 1.91. The minimum absolute atomic E-state index is 0.745. The zero-order valence-electron chi connectivity index (χ0n) is 16.7. The van der Waals surface area contributed by atoms with Crippen molar-refractivity contribution in [2.24, 2.45) is 0 Å². The summed E-state index contributed by atoms with van der Waals surface area (Å²) in [7, 11) is 1.80. The predicted octanol–water partition coefficient (Wildman–Crippen LogP) is 5.49. The third-order valence-electron chi connectivity index (χ3n) is 6.13. The zero-order valence-corrected chi connectivity index (χ0v) is 17.5. The van der Waals surface area contributed by atoms with Crippen LogP contribution in [0.2, 0.25) is 0 Å². The molecule has 1 aromatic carbocycles. The second-order valence-corrected chi connectivity index (χ2v) is 8.75. The van der Waals surface area contributed by atoms with Crippen LogP contribution in [0.4, 0.5) is 0 Å². The summed E-state index contributed by atoms with van der Waals surface area (Å²) in [6.45, 7) is 8.61. The number of thiophene rings is 1. The molecule has 0 amide bonds. The van der Waals surface area contributed by atoms with Crippen LogP contribution in [-0.2, 0) is 19.3 Å². The van der Waals surface area contributed by atoms with E-state index in [0.717, 1.165) is 18.2 Å². The second kappa shape index (κ2) is 9.05. The highest BCUT2D eigenvalue weighted by Gasteiger charge is 2.38. The predicted molar refractivity (Wildman–Crippen MR) is 112 cm³/mol. The third kappa shape index (κ3) is 4.15. The van der Waals surface area contributed by atoms with Crippen molar-refractivity contribution < 1.29 is 9.22 Å². The van der Waals surface area contributed by atoms with E-state index < -0.39 is 0 Å². The second-order valence-electron chi connectivity index (χ2n) is 7.71. The molecule has 0 saturated heterocycles. The van der Waals surface area contributed by atoms with Gasteiger partial charge in [-0.1, -0.05) is 32.0 Å². The first-order valence-corrected chi connectivity index (χ1v) is 11.1. The molecule has 2 aromatic rings. The molecule has 1 heterocycles. The summed E-state index contributed by atoms with van der Waals surface area (Å²) in [6, 6.07) is 11.9. The van der Waals surface area contributed by atoms with Gasteiger partial charge in [0.15, 0.2) is 0 Å². The smallest absolute Gasteiger partial charge is 0.122 e. The van der Waals surface area contributed by atoms with E-state index in [2.05, 4.69) is 49.6 Å². The molecule has 0 radical (unpaired) electrons. The fourth-order valence-corrected chi connectivity index (χ4v) is 5.67. The lowest BCUT2D eigenvalue weighted by Crippen LogP contribution is -2.59. The van der Waals surface area contributed by atoms with E-state index >= 15 is 0 Å². The van der Waals surface area contributed by atoms with Gasteiger partial charge < -0.3 is 9.22 Å². The Labute approximate surface area is 163 Å². The van der Waals surface area contributed by atoms with E-state index in [1.165, 1.54) is 72.2 Å². The SMILES string of the molecule is CCC[N+](CCC)(CCc1cccs1)[C@H]1CCc2c(cccc2OC)C1. The molecular formula is C23H34NOS+. The van der Waals surface area contributed by atoms with Gasteiger partial charge in [-0.25, -0.2) is 0 Å². The van der Waals surface area contributed by atoms with Gasteiger partial charge in [-0.3, -0.25) is 0 Å². The van der Waals surface area contributed by atoms with Gasteiger partial charge in [0.25, 0.3) is 0 Å². The lowest BCUT2D eigenvalue weighted by molar-refractivity contribution is -0.951. The highest BCUT2D eigenvalue weighted by molar-refractivity contribution is 7.09. The van der Waals surface area contributed by atoms with Gasteiger partial charge in [0.1, 0.15) is 5.75 Å². The minimum atomic E-state index is 0.745. The highest BCUT2D eigenvalue weighted by Crippen LogP contribution is 2.34. The first-order valence-electron chi connectivity index (χ1n) is 10.2. The van der Waals surface area contributed by atoms with E-state index in [9.17, 15) is 0 Å². The fourth-order valence-electron chi connectivity index (χ4n) is 4.97. The maximum absolute atomic E-state index is 5.62. The molecular weight excluding hydrogens is 338 g/mol. The molecule has 3 rings (SSSR count). The lowest BCUT2D eigenvalue weighted by Gasteiger charge is -2.47. The Hall–Kier alpha value is -1.32. The van der Waals surface area contributed by atoms with Gasteiger partial charge in [0, 0.05) is 24.1 Å². The first kappa shape index (κ1) is 19.4. The van der Waals surface area contributed by atoms with Crippen molar-refractivity contribution in [3.05, 3.63) is 51.7 Å². The van der Waals surface area contributed by atoms with Gasteiger partial charge in [-0.15, -0.1) is 11.3 Å². The number of benzene rings is 1. The van der Waals surface area contributed by atoms with Gasteiger partial charge in [-0.2, -0.15) is 0 Å². The monoisotopic (exact) mass is 372 g/mol. The maximum atomic E-state index is 5.62. The number of rotatable bonds is 9. The number of nitrogens with zero attached hydrogens (tertiary/aromatic N) is 1. The molecule has 1 aliphatic rings. The van der Waals surface area contributed by atoms with Gasteiger partial charge >= 0.3 is 0 Å². The van der Waals surface area contributed by atoms with E-state index in [4.69, 9.17) is 4.74 Å². The Kier molecular flexibility index (Phi) is 6.77. The minimum Gasteiger partial charge on any atom is -0.496 e. The Morgan fingerprint density at radius 1 is 1.08 bits per heavy atom. The molecule has 1 aromatic heterocycles. The Morgan fingerprint density at radius 2 is 1.88 bits per heavy atom. The average molecular weight is 373 g/mol. The van der Waals surface area contributed by atoms with Crippen molar-refractivity contribution in [1.29, 1.82) is 0 Å². The molecule has 0 unspecified atom stereocenters. The molecule has 2 nitrogen and oxygen atoms in total. The molecule has 0 fully saturated rings. The number of quaternary nitrogens is 1. The molecule has 26 heavy (non-hydrogen) atoms. The quantitative estimate of drug-likeness (QED) is 0.529. The standard InChI is InChI=1S/C23H34NOS/c1-4-14-24(15-5-2,16-13-21-9-7-17-26-21)20-11-12-22-19(18-20)8-6-10-23(22)25-3/h6-10,17,20H,4-5,11-16,18H2,1-3H3/q+1/t20-/m0/s1. The van der Waals surface area contributed by atoms with Crippen LogP contribution in [0.25, 0.3) is 0 Å². The van der Waals surface area contributed by atoms with Crippen LogP contribution < -0.4 is 4.74 Å². The van der Waals surface area contributed by atoms with Crippen LogP contribution >= 0.6 is 11.3 Å². The average Bonchev–Trinajstić information content (AvgIpc) is 3.19. The Morgan fingerprint density at radius 3 is 2.54 bits per heavy atom. The number of hydrogen-bond acceptors (Lipinski definition) is 2. The third-order valence-corrected chi connectivity index (χ3v) is 7.07. The molecule has 0 spiro atoms. The van der Waals surface area contributed by atoms with Crippen molar-refractivity contribution in [3.63, 3.8) is 0 Å².